The Kier molecular flexibility index (Phi) is 6.40. The number of hydrogen-bond donors (Lipinski definition) is 1. The van der Waals surface area contributed by atoms with Crippen LogP contribution in [-0.4, -0.2) is 35.9 Å². The second-order valence-electron chi connectivity index (χ2n) is 5.11. The quantitative estimate of drug-likeness (QED) is 0.822. The average Bonchev–Trinajstić information content (AvgIpc) is 2.53. The Bertz CT molecular complexity index is 604. The molecule has 1 heterocycles. The number of carbonyl (C=O) groups excluding carboxylic acids is 1. The fraction of sp³-hybridized carbons (Fsp3) is 0.294. The minimum absolute atomic E-state index is 0.150. The molecule has 1 aromatic carbocycles. The lowest BCUT2D eigenvalue weighted by Gasteiger charge is -2.17. The van der Waals surface area contributed by atoms with Gasteiger partial charge in [-0.05, 0) is 42.3 Å². The van der Waals surface area contributed by atoms with Gasteiger partial charge >= 0.3 is 0 Å². The van der Waals surface area contributed by atoms with Crippen molar-refractivity contribution in [3.8, 4) is 0 Å². The Morgan fingerprint density at radius 2 is 2.05 bits per heavy atom. The maximum Gasteiger partial charge on any atom is 0.224 e. The van der Waals surface area contributed by atoms with Crippen LogP contribution in [0.1, 0.15) is 12.0 Å². The molecule has 0 fully saturated rings. The summed E-state index contributed by atoms with van der Waals surface area (Å²) < 4.78 is 1.03. The number of likely N-dealkylation sites (N-methyl/N-ethyl adjacent to an activating group) is 1. The van der Waals surface area contributed by atoms with Crippen molar-refractivity contribution < 1.29 is 4.79 Å². The molecule has 0 bridgehead atoms. The number of hydrogen-bond acceptors (Lipinski definition) is 3. The summed E-state index contributed by atoms with van der Waals surface area (Å²) in [5.74, 6) is 0.150. The van der Waals surface area contributed by atoms with Crippen molar-refractivity contribution in [2.45, 2.75) is 12.8 Å². The van der Waals surface area contributed by atoms with E-state index in [0.29, 0.717) is 13.0 Å². The first-order valence-corrected chi connectivity index (χ1v) is 8.07. The first-order chi connectivity index (χ1) is 10.6. The molecule has 2 aromatic rings. The molecule has 0 atom stereocenters. The number of amides is 1. The van der Waals surface area contributed by atoms with E-state index in [4.69, 9.17) is 0 Å². The molecular weight excluding hydrogens is 342 g/mol. The smallest absolute Gasteiger partial charge is 0.224 e. The molecule has 0 saturated carbocycles. The van der Waals surface area contributed by atoms with E-state index in [9.17, 15) is 4.79 Å². The topological polar surface area (TPSA) is 45.2 Å². The van der Waals surface area contributed by atoms with Gasteiger partial charge in [-0.15, -0.1) is 0 Å². The second-order valence-corrected chi connectivity index (χ2v) is 6.02. The van der Waals surface area contributed by atoms with Gasteiger partial charge in [-0.25, -0.2) is 0 Å². The lowest BCUT2D eigenvalue weighted by molar-refractivity contribution is -0.129. The maximum atomic E-state index is 12.1. The molecular formula is C17H20BrN3O. The van der Waals surface area contributed by atoms with Crippen LogP contribution >= 0.6 is 15.9 Å². The minimum atomic E-state index is 0.150. The van der Waals surface area contributed by atoms with Crippen LogP contribution in [-0.2, 0) is 11.2 Å². The van der Waals surface area contributed by atoms with Crippen LogP contribution in [0.2, 0.25) is 0 Å². The van der Waals surface area contributed by atoms with Crippen molar-refractivity contribution in [1.82, 2.24) is 9.88 Å². The third kappa shape index (κ3) is 5.48. The van der Waals surface area contributed by atoms with Crippen LogP contribution in [0.15, 0.2) is 53.3 Å². The molecule has 1 amide bonds. The highest BCUT2D eigenvalue weighted by Gasteiger charge is 2.08. The summed E-state index contributed by atoms with van der Waals surface area (Å²) in [6.45, 7) is 1.36. The minimum Gasteiger partial charge on any atom is -0.384 e. The lowest BCUT2D eigenvalue weighted by atomic mass is 10.2. The molecule has 0 unspecified atom stereocenters. The summed E-state index contributed by atoms with van der Waals surface area (Å²) in [5.41, 5.74) is 2.21. The molecule has 0 aliphatic heterocycles. The van der Waals surface area contributed by atoms with Gasteiger partial charge < -0.3 is 10.2 Å². The van der Waals surface area contributed by atoms with Crippen molar-refractivity contribution in [1.29, 1.82) is 0 Å². The molecule has 22 heavy (non-hydrogen) atoms. The average molecular weight is 362 g/mol. The van der Waals surface area contributed by atoms with Gasteiger partial charge in [0.1, 0.15) is 0 Å². The first kappa shape index (κ1) is 16.5. The van der Waals surface area contributed by atoms with E-state index in [2.05, 4.69) is 26.2 Å². The fourth-order valence-electron chi connectivity index (χ4n) is 2.07. The van der Waals surface area contributed by atoms with E-state index in [1.165, 1.54) is 5.56 Å². The van der Waals surface area contributed by atoms with Gasteiger partial charge in [0.15, 0.2) is 0 Å². The van der Waals surface area contributed by atoms with Crippen molar-refractivity contribution in [3.63, 3.8) is 0 Å². The molecule has 116 valence electrons. The first-order valence-electron chi connectivity index (χ1n) is 7.27. The van der Waals surface area contributed by atoms with Gasteiger partial charge in [-0.3, -0.25) is 9.78 Å². The Morgan fingerprint density at radius 1 is 1.27 bits per heavy atom. The van der Waals surface area contributed by atoms with Crippen LogP contribution < -0.4 is 5.32 Å². The van der Waals surface area contributed by atoms with Gasteiger partial charge in [0.2, 0.25) is 5.91 Å². The molecule has 0 aliphatic rings. The second kappa shape index (κ2) is 8.54. The number of halogens is 1. The standard InChI is InChI=1S/C17H20BrN3O/c1-21(12-8-14-5-9-19-10-6-14)17(22)7-11-20-16-4-2-3-15(18)13-16/h2-6,9-10,13,20H,7-8,11-12H2,1H3. The molecule has 5 heteroatoms. The largest absolute Gasteiger partial charge is 0.384 e. The number of nitrogens with zero attached hydrogens (tertiary/aromatic N) is 2. The third-order valence-corrected chi connectivity index (χ3v) is 3.90. The van der Waals surface area contributed by atoms with Gasteiger partial charge in [0, 0.05) is 49.1 Å². The van der Waals surface area contributed by atoms with E-state index in [1.807, 2.05) is 43.4 Å². The van der Waals surface area contributed by atoms with Gasteiger partial charge in [-0.1, -0.05) is 22.0 Å². The van der Waals surface area contributed by atoms with Gasteiger partial charge in [-0.2, -0.15) is 0 Å². The number of anilines is 1. The number of aromatic nitrogens is 1. The molecule has 1 aromatic heterocycles. The highest BCUT2D eigenvalue weighted by Crippen LogP contribution is 2.15. The molecule has 0 aliphatic carbocycles. The summed E-state index contributed by atoms with van der Waals surface area (Å²) in [5, 5.41) is 3.26. The fourth-order valence-corrected chi connectivity index (χ4v) is 2.47. The van der Waals surface area contributed by atoms with Gasteiger partial charge in [0.25, 0.3) is 0 Å². The molecule has 1 N–H and O–H groups in total. The summed E-state index contributed by atoms with van der Waals surface area (Å²) in [7, 11) is 1.85. The summed E-state index contributed by atoms with van der Waals surface area (Å²) in [4.78, 5) is 17.9. The Hall–Kier alpha value is -1.88. The Labute approximate surface area is 139 Å². The van der Waals surface area contributed by atoms with Crippen LogP contribution in [0.3, 0.4) is 0 Å². The summed E-state index contributed by atoms with van der Waals surface area (Å²) in [6, 6.07) is 11.9. The number of pyridine rings is 1. The number of rotatable bonds is 7. The molecule has 2 rings (SSSR count). The highest BCUT2D eigenvalue weighted by molar-refractivity contribution is 9.10. The van der Waals surface area contributed by atoms with Crippen molar-refractivity contribution in [2.24, 2.45) is 0 Å². The molecule has 0 saturated heterocycles. The Balaban J connectivity index is 1.70. The van der Waals surface area contributed by atoms with Crippen LogP contribution in [0.4, 0.5) is 5.69 Å². The zero-order valence-corrected chi connectivity index (χ0v) is 14.2. The monoisotopic (exact) mass is 361 g/mol. The van der Waals surface area contributed by atoms with E-state index in [1.54, 1.807) is 17.3 Å². The predicted molar refractivity (Wildman–Crippen MR) is 92.8 cm³/mol. The zero-order chi connectivity index (χ0) is 15.8. The molecule has 0 radical (unpaired) electrons. The molecule has 4 nitrogen and oxygen atoms in total. The predicted octanol–water partition coefficient (Wildman–Crippen LogP) is 3.35. The van der Waals surface area contributed by atoms with Gasteiger partial charge in [0.05, 0.1) is 0 Å². The van der Waals surface area contributed by atoms with E-state index in [-0.39, 0.29) is 5.91 Å². The zero-order valence-electron chi connectivity index (χ0n) is 12.6. The molecule has 0 spiro atoms. The number of carbonyl (C=O) groups is 1. The number of nitrogens with one attached hydrogen (secondary N) is 1. The van der Waals surface area contributed by atoms with Crippen LogP contribution in [0.5, 0.6) is 0 Å². The Morgan fingerprint density at radius 3 is 2.77 bits per heavy atom. The lowest BCUT2D eigenvalue weighted by Crippen LogP contribution is -2.30. The van der Waals surface area contributed by atoms with E-state index >= 15 is 0 Å². The SMILES string of the molecule is CN(CCc1ccncc1)C(=O)CCNc1cccc(Br)c1. The third-order valence-electron chi connectivity index (χ3n) is 3.40. The summed E-state index contributed by atoms with van der Waals surface area (Å²) in [6.07, 6.45) is 4.89. The normalized spacial score (nSPS) is 10.3. The summed E-state index contributed by atoms with van der Waals surface area (Å²) >= 11 is 3.43. The van der Waals surface area contributed by atoms with Crippen molar-refractivity contribution in [2.75, 3.05) is 25.5 Å². The van der Waals surface area contributed by atoms with E-state index in [0.717, 1.165) is 23.1 Å². The maximum absolute atomic E-state index is 12.1. The van der Waals surface area contributed by atoms with Crippen molar-refractivity contribution >= 4 is 27.5 Å². The number of benzene rings is 1. The van der Waals surface area contributed by atoms with Crippen LogP contribution in [0.25, 0.3) is 0 Å². The highest BCUT2D eigenvalue weighted by atomic mass is 79.9. The van der Waals surface area contributed by atoms with Crippen molar-refractivity contribution in [3.05, 3.63) is 58.8 Å². The van der Waals surface area contributed by atoms with Crippen LogP contribution in [0, 0.1) is 0 Å². The van der Waals surface area contributed by atoms with E-state index < -0.39 is 0 Å².